The summed E-state index contributed by atoms with van der Waals surface area (Å²) in [5.74, 6) is -0.388. The van der Waals surface area contributed by atoms with E-state index in [-0.39, 0.29) is 23.0 Å². The van der Waals surface area contributed by atoms with Crippen LogP contribution in [0, 0.1) is 6.92 Å². The predicted octanol–water partition coefficient (Wildman–Crippen LogP) is 3.20. The van der Waals surface area contributed by atoms with Crippen molar-refractivity contribution in [1.82, 2.24) is 0 Å². The summed E-state index contributed by atoms with van der Waals surface area (Å²) >= 11 is 0. The van der Waals surface area contributed by atoms with Crippen LogP contribution in [-0.4, -0.2) is 18.9 Å². The summed E-state index contributed by atoms with van der Waals surface area (Å²) in [5.41, 5.74) is 7.22. The van der Waals surface area contributed by atoms with E-state index in [4.69, 9.17) is 5.73 Å². The van der Waals surface area contributed by atoms with Gasteiger partial charge in [-0.05, 0) is 31.2 Å². The molecular weight excluding hydrogens is 332 g/mol. The Hall–Kier alpha value is -2.78. The average molecular weight is 348 g/mol. The first kappa shape index (κ1) is 17.6. The number of amides is 1. The van der Waals surface area contributed by atoms with Gasteiger partial charge in [0.05, 0.1) is 17.1 Å². The van der Waals surface area contributed by atoms with Crippen molar-refractivity contribution in [3.8, 4) is 0 Å². The van der Waals surface area contributed by atoms with Gasteiger partial charge in [-0.3, -0.25) is 9.35 Å². The number of hydrogen-bond donors (Lipinski definition) is 3. The Labute approximate surface area is 139 Å². The summed E-state index contributed by atoms with van der Waals surface area (Å²) in [6, 6.07) is 9.41. The van der Waals surface area contributed by atoms with Crippen molar-refractivity contribution in [2.45, 2.75) is 18.7 Å². The summed E-state index contributed by atoms with van der Waals surface area (Å²) in [4.78, 5) is 10.8. The van der Waals surface area contributed by atoms with Crippen LogP contribution in [0.4, 0.5) is 22.7 Å². The fourth-order valence-electron chi connectivity index (χ4n) is 1.90. The van der Waals surface area contributed by atoms with Crippen LogP contribution in [-0.2, 0) is 14.9 Å². The number of hydrogen-bond acceptors (Lipinski definition) is 6. The van der Waals surface area contributed by atoms with Crippen LogP contribution < -0.4 is 11.1 Å². The Kier molecular flexibility index (Phi) is 4.96. The van der Waals surface area contributed by atoms with Gasteiger partial charge in [-0.25, -0.2) is 0 Å². The highest BCUT2D eigenvalue weighted by Gasteiger charge is 2.18. The molecule has 0 aromatic heterocycles. The fraction of sp³-hybridized carbons (Fsp3) is 0.133. The van der Waals surface area contributed by atoms with E-state index in [1.54, 1.807) is 12.1 Å². The molecule has 0 aliphatic carbocycles. The number of carbonyl (C=O) groups is 1. The number of nitrogens with two attached hydrogens (primary N) is 1. The third-order valence-electron chi connectivity index (χ3n) is 3.02. The van der Waals surface area contributed by atoms with Gasteiger partial charge in [-0.2, -0.15) is 13.5 Å². The molecule has 8 nitrogen and oxygen atoms in total. The molecule has 0 aliphatic heterocycles. The van der Waals surface area contributed by atoms with Crippen LogP contribution in [0.3, 0.4) is 0 Å². The number of nitrogens with zero attached hydrogens (tertiary/aromatic N) is 2. The van der Waals surface area contributed by atoms with E-state index in [9.17, 15) is 17.8 Å². The molecule has 0 atom stereocenters. The molecule has 0 bridgehead atoms. The number of rotatable bonds is 4. The lowest BCUT2D eigenvalue weighted by molar-refractivity contribution is -0.114. The normalized spacial score (nSPS) is 11.6. The number of aryl methyl sites for hydroxylation is 1. The van der Waals surface area contributed by atoms with Crippen LogP contribution >= 0.6 is 0 Å². The number of nitrogens with one attached hydrogen (secondary N) is 1. The van der Waals surface area contributed by atoms with Gasteiger partial charge in [-0.15, -0.1) is 5.11 Å². The van der Waals surface area contributed by atoms with Crippen LogP contribution in [0.2, 0.25) is 0 Å². The highest BCUT2D eigenvalue weighted by molar-refractivity contribution is 7.86. The third kappa shape index (κ3) is 4.37. The minimum absolute atomic E-state index is 0.0487. The smallest absolute Gasteiger partial charge is 0.296 e. The molecule has 4 N–H and O–H groups in total. The van der Waals surface area contributed by atoms with Crippen molar-refractivity contribution in [2.24, 2.45) is 10.2 Å². The molecule has 2 rings (SSSR count). The molecule has 0 fully saturated rings. The van der Waals surface area contributed by atoms with Crippen LogP contribution in [0.25, 0.3) is 0 Å². The minimum Gasteiger partial charge on any atom is -0.398 e. The predicted molar refractivity (Wildman–Crippen MR) is 90.3 cm³/mol. The highest BCUT2D eigenvalue weighted by Crippen LogP contribution is 2.34. The Morgan fingerprint density at radius 2 is 1.79 bits per heavy atom. The van der Waals surface area contributed by atoms with Gasteiger partial charge < -0.3 is 11.1 Å². The second kappa shape index (κ2) is 6.77. The Balaban J connectivity index is 2.52. The molecule has 0 aliphatic rings. The van der Waals surface area contributed by atoms with E-state index >= 15 is 0 Å². The van der Waals surface area contributed by atoms with E-state index in [1.807, 2.05) is 19.1 Å². The number of benzene rings is 2. The molecule has 0 radical (unpaired) electrons. The lowest BCUT2D eigenvalue weighted by Gasteiger charge is -2.10. The zero-order chi connectivity index (χ0) is 17.9. The van der Waals surface area contributed by atoms with E-state index in [0.29, 0.717) is 5.69 Å². The second-order valence-electron chi connectivity index (χ2n) is 5.10. The van der Waals surface area contributed by atoms with Crippen LogP contribution in [0.1, 0.15) is 12.5 Å². The van der Waals surface area contributed by atoms with Gasteiger partial charge in [-0.1, -0.05) is 17.7 Å². The summed E-state index contributed by atoms with van der Waals surface area (Å²) < 4.78 is 31.9. The van der Waals surface area contributed by atoms with E-state index < -0.39 is 15.0 Å². The van der Waals surface area contributed by atoms with E-state index in [1.165, 1.54) is 13.0 Å². The molecule has 0 spiro atoms. The number of anilines is 2. The lowest BCUT2D eigenvalue weighted by atomic mass is 10.2. The maximum Gasteiger partial charge on any atom is 0.296 e. The average Bonchev–Trinajstić information content (AvgIpc) is 2.46. The largest absolute Gasteiger partial charge is 0.398 e. The monoisotopic (exact) mass is 348 g/mol. The van der Waals surface area contributed by atoms with Gasteiger partial charge in [0.1, 0.15) is 10.6 Å². The Bertz CT molecular complexity index is 906. The van der Waals surface area contributed by atoms with Gasteiger partial charge in [0, 0.05) is 6.92 Å². The standard InChI is InChI=1S/C15H16N4O4S/c1-9-3-5-11(6-4-9)18-19-14-8-15(24(21,22)23)12(16)7-13(14)17-10(2)20/h3-8H,16H2,1-2H3,(H,17,20)(H,21,22,23). The Morgan fingerprint density at radius 1 is 1.17 bits per heavy atom. The van der Waals surface area contributed by atoms with E-state index in [0.717, 1.165) is 11.6 Å². The quantitative estimate of drug-likeness (QED) is 0.443. The molecular formula is C15H16N4O4S. The molecule has 2 aromatic carbocycles. The van der Waals surface area contributed by atoms with Gasteiger partial charge in [0.15, 0.2) is 0 Å². The minimum atomic E-state index is -4.53. The third-order valence-corrected chi connectivity index (χ3v) is 3.93. The summed E-state index contributed by atoms with van der Waals surface area (Å²) in [6.45, 7) is 3.21. The molecule has 0 heterocycles. The van der Waals surface area contributed by atoms with Crippen molar-refractivity contribution in [2.75, 3.05) is 11.1 Å². The molecule has 126 valence electrons. The molecule has 24 heavy (non-hydrogen) atoms. The number of nitrogen functional groups attached to an aromatic ring is 1. The first-order valence-electron chi connectivity index (χ1n) is 6.84. The van der Waals surface area contributed by atoms with Crippen molar-refractivity contribution >= 4 is 38.8 Å². The zero-order valence-corrected chi connectivity index (χ0v) is 13.8. The number of azo groups is 1. The SMILES string of the molecule is CC(=O)Nc1cc(N)c(S(=O)(=O)O)cc1N=Nc1ccc(C)cc1. The number of carbonyl (C=O) groups excluding carboxylic acids is 1. The van der Waals surface area contributed by atoms with E-state index in [2.05, 4.69) is 15.5 Å². The second-order valence-corrected chi connectivity index (χ2v) is 6.49. The van der Waals surface area contributed by atoms with Crippen molar-refractivity contribution in [3.05, 3.63) is 42.0 Å². The molecule has 2 aromatic rings. The Morgan fingerprint density at radius 3 is 2.33 bits per heavy atom. The maximum absolute atomic E-state index is 11.4. The first-order chi connectivity index (χ1) is 11.2. The molecule has 1 amide bonds. The van der Waals surface area contributed by atoms with Gasteiger partial charge >= 0.3 is 0 Å². The topological polar surface area (TPSA) is 134 Å². The molecule has 0 saturated heterocycles. The molecule has 0 saturated carbocycles. The highest BCUT2D eigenvalue weighted by atomic mass is 32.2. The van der Waals surface area contributed by atoms with Crippen LogP contribution in [0.5, 0.6) is 0 Å². The zero-order valence-electron chi connectivity index (χ0n) is 13.0. The summed E-state index contributed by atoms with van der Waals surface area (Å²) in [5, 5.41) is 10.4. The van der Waals surface area contributed by atoms with Crippen molar-refractivity contribution in [3.63, 3.8) is 0 Å². The first-order valence-corrected chi connectivity index (χ1v) is 8.28. The lowest BCUT2D eigenvalue weighted by Crippen LogP contribution is -2.08. The van der Waals surface area contributed by atoms with Gasteiger partial charge in [0.25, 0.3) is 10.1 Å². The summed E-state index contributed by atoms with van der Waals surface area (Å²) in [7, 11) is -4.53. The van der Waals surface area contributed by atoms with Crippen molar-refractivity contribution in [1.29, 1.82) is 0 Å². The van der Waals surface area contributed by atoms with Gasteiger partial charge in [0.2, 0.25) is 5.91 Å². The summed E-state index contributed by atoms with van der Waals surface area (Å²) in [6.07, 6.45) is 0. The molecule has 0 unspecified atom stereocenters. The fourth-order valence-corrected chi connectivity index (χ4v) is 2.52. The molecule has 9 heteroatoms. The maximum atomic E-state index is 11.4. The van der Waals surface area contributed by atoms with Crippen LogP contribution in [0.15, 0.2) is 51.5 Å². The van der Waals surface area contributed by atoms with Crippen molar-refractivity contribution < 1.29 is 17.8 Å².